The molecule has 10 nitrogen and oxygen atoms in total. The smallest absolute Gasteiger partial charge is 0.214 e. The summed E-state index contributed by atoms with van der Waals surface area (Å²) in [4.78, 5) is 0. The molecule has 2 heterocycles. The molecule has 2 rings (SSSR count). The molecule has 0 amide bonds. The highest BCUT2D eigenvalue weighted by Gasteiger charge is 2.03. The minimum Gasteiger partial charge on any atom is -0.378 e. The monoisotopic (exact) mass is 438 g/mol. The number of aromatic amines is 2. The first kappa shape index (κ1) is 21.2. The molecule has 2 aromatic heterocycles. The van der Waals surface area contributed by atoms with E-state index in [1.165, 1.54) is 9.35 Å². The summed E-state index contributed by atoms with van der Waals surface area (Å²) in [5.74, 6) is 15.9. The number of rotatable bonds is 13. The number of aromatic nitrogens is 6. The quantitative estimate of drug-likeness (QED) is 0.202. The predicted molar refractivity (Wildman–Crippen MR) is 109 cm³/mol. The lowest BCUT2D eigenvalue weighted by atomic mass is 10.7. The molecule has 0 aromatic carbocycles. The van der Waals surface area contributed by atoms with Crippen LogP contribution >= 0.6 is 48.0 Å². The van der Waals surface area contributed by atoms with Crippen LogP contribution in [0.15, 0.2) is 0 Å². The average Bonchev–Trinajstić information content (AvgIpc) is 3.12. The number of nitrogens with one attached hydrogen (secondary N) is 2. The zero-order valence-corrected chi connectivity index (χ0v) is 17.3. The summed E-state index contributed by atoms with van der Waals surface area (Å²) in [5, 5.41) is 13.4. The van der Waals surface area contributed by atoms with Gasteiger partial charge in [-0.05, 0) is 24.4 Å². The van der Waals surface area contributed by atoms with E-state index >= 15 is 0 Å². The van der Waals surface area contributed by atoms with Crippen LogP contribution in [0.2, 0.25) is 0 Å². The lowest BCUT2D eigenvalue weighted by Gasteiger charge is -2.06. The van der Waals surface area contributed by atoms with Crippen molar-refractivity contribution in [3.63, 3.8) is 0 Å². The highest BCUT2D eigenvalue weighted by Crippen LogP contribution is 2.09. The number of thioether (sulfide) groups is 2. The molecule has 0 bridgehead atoms. The molecular weight excluding hydrogens is 416 g/mol. The Kier molecular flexibility index (Phi) is 9.49. The first-order valence-electron chi connectivity index (χ1n) is 7.73. The Labute approximate surface area is 169 Å². The van der Waals surface area contributed by atoms with Gasteiger partial charge in [0.25, 0.3) is 0 Å². The zero-order valence-electron chi connectivity index (χ0n) is 14.0. The van der Waals surface area contributed by atoms with Gasteiger partial charge in [0.05, 0.1) is 37.9 Å². The lowest BCUT2D eigenvalue weighted by molar-refractivity contribution is 0.0605. The van der Waals surface area contributed by atoms with E-state index in [4.69, 9.17) is 45.6 Å². The number of nitrogen functional groups attached to an aromatic ring is 2. The van der Waals surface area contributed by atoms with Crippen molar-refractivity contribution in [1.29, 1.82) is 0 Å². The van der Waals surface area contributed by atoms with E-state index in [1.54, 1.807) is 23.5 Å². The highest BCUT2D eigenvalue weighted by molar-refractivity contribution is 7.98. The van der Waals surface area contributed by atoms with E-state index in [2.05, 4.69) is 20.4 Å². The normalized spacial score (nSPS) is 11.2. The van der Waals surface area contributed by atoms with Gasteiger partial charge in [-0.25, -0.2) is 9.35 Å². The molecule has 146 valence electrons. The molecule has 0 unspecified atom stereocenters. The molecule has 26 heavy (non-hydrogen) atoms. The predicted octanol–water partition coefficient (Wildman–Crippen LogP) is 0.822. The molecule has 0 aliphatic carbocycles. The summed E-state index contributed by atoms with van der Waals surface area (Å²) in [5.41, 5.74) is 0. The van der Waals surface area contributed by atoms with Crippen molar-refractivity contribution in [2.75, 3.05) is 49.6 Å². The van der Waals surface area contributed by atoms with Crippen LogP contribution in [0.4, 0.5) is 0 Å². The summed E-state index contributed by atoms with van der Waals surface area (Å²) in [6, 6.07) is 0. The molecule has 0 aliphatic rings. The second kappa shape index (κ2) is 11.6. The molecule has 0 spiro atoms. The van der Waals surface area contributed by atoms with Crippen molar-refractivity contribution in [3.8, 4) is 0 Å². The van der Waals surface area contributed by atoms with Gasteiger partial charge in [-0.2, -0.15) is 33.7 Å². The van der Waals surface area contributed by atoms with Crippen LogP contribution in [0, 0.1) is 9.54 Å². The fraction of sp³-hybridized carbons (Fsp3) is 0.667. The second-order valence-corrected chi connectivity index (χ2v) is 7.94. The van der Waals surface area contributed by atoms with Gasteiger partial charge in [0, 0.05) is 11.5 Å². The molecule has 0 fully saturated rings. The van der Waals surface area contributed by atoms with Gasteiger partial charge in [-0.15, -0.1) is 0 Å². The molecule has 6 N–H and O–H groups in total. The number of nitrogens with zero attached hydrogens (tertiary/aromatic N) is 4. The maximum Gasteiger partial charge on any atom is 0.214 e. The Morgan fingerprint density at radius 1 is 0.808 bits per heavy atom. The average molecular weight is 439 g/mol. The lowest BCUT2D eigenvalue weighted by Crippen LogP contribution is -2.13. The van der Waals surface area contributed by atoms with Gasteiger partial charge < -0.3 is 21.2 Å². The Bertz CT molecular complexity index is 706. The van der Waals surface area contributed by atoms with Gasteiger partial charge in [-0.3, -0.25) is 10.2 Å². The Hall–Kier alpha value is -1.06. The third-order valence-electron chi connectivity index (χ3n) is 3.13. The van der Waals surface area contributed by atoms with Gasteiger partial charge >= 0.3 is 0 Å². The van der Waals surface area contributed by atoms with Gasteiger partial charge in [0.15, 0.2) is 11.6 Å². The van der Waals surface area contributed by atoms with Gasteiger partial charge in [0.2, 0.25) is 9.54 Å². The molecule has 2 aromatic rings. The molecule has 14 heteroatoms. The number of ether oxygens (including phenoxy) is 2. The molecule has 0 saturated carbocycles. The van der Waals surface area contributed by atoms with Crippen LogP contribution in [-0.4, -0.2) is 67.7 Å². The summed E-state index contributed by atoms with van der Waals surface area (Å²) in [6.45, 7) is 2.44. The zero-order chi connectivity index (χ0) is 18.8. The fourth-order valence-corrected chi connectivity index (χ4v) is 3.60. The third-order valence-corrected chi connectivity index (χ3v) is 5.54. The topological polar surface area (TPSA) is 138 Å². The third kappa shape index (κ3) is 6.92. The Morgan fingerprint density at radius 2 is 1.23 bits per heavy atom. The summed E-state index contributed by atoms with van der Waals surface area (Å²) < 4.78 is 14.6. The van der Waals surface area contributed by atoms with E-state index < -0.39 is 0 Å². The van der Waals surface area contributed by atoms with Crippen molar-refractivity contribution >= 4 is 48.0 Å². The maximum absolute atomic E-state index is 5.71. The molecule has 0 atom stereocenters. The number of hydrogen-bond acceptors (Lipinski definition) is 10. The van der Waals surface area contributed by atoms with E-state index in [0.717, 1.165) is 23.2 Å². The van der Waals surface area contributed by atoms with Crippen LogP contribution in [0.5, 0.6) is 0 Å². The summed E-state index contributed by atoms with van der Waals surface area (Å²) >= 11 is 13.3. The van der Waals surface area contributed by atoms with E-state index in [9.17, 15) is 0 Å². The highest BCUT2D eigenvalue weighted by atomic mass is 32.2. The van der Waals surface area contributed by atoms with E-state index in [-0.39, 0.29) is 0 Å². The summed E-state index contributed by atoms with van der Waals surface area (Å²) in [7, 11) is 0. The van der Waals surface area contributed by atoms with Crippen LogP contribution in [0.3, 0.4) is 0 Å². The van der Waals surface area contributed by atoms with Crippen molar-refractivity contribution in [2.45, 2.75) is 11.5 Å². The second-order valence-electron chi connectivity index (χ2n) is 4.96. The van der Waals surface area contributed by atoms with Crippen LogP contribution in [0.1, 0.15) is 11.6 Å². The van der Waals surface area contributed by atoms with Crippen molar-refractivity contribution in [1.82, 2.24) is 29.7 Å². The Balaban J connectivity index is 1.38. The standard InChI is InChI=1S/C12H22N8O2S4/c13-19-9(15-17-11(19)23)7-25-5-3-21-1-2-22-4-6-26-8-10-16-18-12(24)20(10)14/h1-8,13-14H2,(H,17,23)(H,18,24). The summed E-state index contributed by atoms with van der Waals surface area (Å²) in [6.07, 6.45) is 0. The van der Waals surface area contributed by atoms with Crippen molar-refractivity contribution in [3.05, 3.63) is 21.2 Å². The minimum absolute atomic E-state index is 0.420. The van der Waals surface area contributed by atoms with Crippen LogP contribution < -0.4 is 11.7 Å². The molecule has 0 saturated heterocycles. The maximum atomic E-state index is 5.71. The molecule has 0 radical (unpaired) electrons. The van der Waals surface area contributed by atoms with Crippen molar-refractivity contribution in [2.24, 2.45) is 0 Å². The SMILES string of the molecule is Nn1c(CSCCOCCOCCSCc2n[nH]c(=S)n2N)n[nH]c1=S. The largest absolute Gasteiger partial charge is 0.378 e. The number of nitrogens with two attached hydrogens (primary N) is 2. The van der Waals surface area contributed by atoms with Crippen LogP contribution in [-0.2, 0) is 21.0 Å². The molecular formula is C12H22N8O2S4. The number of H-pyrrole nitrogens is 2. The van der Waals surface area contributed by atoms with Crippen LogP contribution in [0.25, 0.3) is 0 Å². The van der Waals surface area contributed by atoms with E-state index in [0.29, 0.717) is 47.5 Å². The first-order valence-corrected chi connectivity index (χ1v) is 10.9. The fourth-order valence-electron chi connectivity index (χ4n) is 1.76. The first-order chi connectivity index (χ1) is 12.6. The minimum atomic E-state index is 0.420. The van der Waals surface area contributed by atoms with Gasteiger partial charge in [-0.1, -0.05) is 0 Å². The number of hydrogen-bond donors (Lipinski definition) is 4. The van der Waals surface area contributed by atoms with Gasteiger partial charge in [0.1, 0.15) is 0 Å². The van der Waals surface area contributed by atoms with Crippen molar-refractivity contribution < 1.29 is 9.47 Å². The Morgan fingerprint density at radius 3 is 1.58 bits per heavy atom. The van der Waals surface area contributed by atoms with E-state index in [1.807, 2.05) is 0 Å². The molecule has 0 aliphatic heterocycles.